The van der Waals surface area contributed by atoms with Crippen LogP contribution in [0.2, 0.25) is 5.02 Å². The summed E-state index contributed by atoms with van der Waals surface area (Å²) in [5.74, 6) is 1.41. The van der Waals surface area contributed by atoms with Crippen molar-refractivity contribution in [2.24, 2.45) is 0 Å². The van der Waals surface area contributed by atoms with Gasteiger partial charge < -0.3 is 9.47 Å². The van der Waals surface area contributed by atoms with Gasteiger partial charge in [-0.1, -0.05) is 23.7 Å². The fourth-order valence-electron chi connectivity index (χ4n) is 1.88. The van der Waals surface area contributed by atoms with Gasteiger partial charge in [0.05, 0.1) is 11.6 Å². The average molecular weight is 356 g/mol. The summed E-state index contributed by atoms with van der Waals surface area (Å²) < 4.78 is 37.5. The first-order valence-electron chi connectivity index (χ1n) is 7.13. The Bertz CT molecular complexity index is 732. The minimum atomic E-state index is -3.64. The molecule has 0 bridgehead atoms. The molecule has 0 fully saturated rings. The van der Waals surface area contributed by atoms with Crippen molar-refractivity contribution in [1.29, 1.82) is 0 Å². The lowest BCUT2D eigenvalue weighted by Crippen LogP contribution is -2.28. The Morgan fingerprint density at radius 2 is 1.61 bits per heavy atom. The number of hydrogen-bond donors (Lipinski definition) is 1. The van der Waals surface area contributed by atoms with E-state index in [-0.39, 0.29) is 23.1 Å². The highest BCUT2D eigenvalue weighted by Gasteiger charge is 2.16. The predicted octanol–water partition coefficient (Wildman–Crippen LogP) is 3.10. The van der Waals surface area contributed by atoms with Crippen LogP contribution in [-0.2, 0) is 10.0 Å². The fourth-order valence-corrected chi connectivity index (χ4v) is 3.41. The first-order valence-corrected chi connectivity index (χ1v) is 8.99. The van der Waals surface area contributed by atoms with E-state index in [1.165, 1.54) is 12.1 Å². The molecule has 0 aliphatic carbocycles. The molecule has 0 spiro atoms. The van der Waals surface area contributed by atoms with Gasteiger partial charge in [-0.15, -0.1) is 0 Å². The molecule has 0 unspecified atom stereocenters. The minimum absolute atomic E-state index is 0.0581. The normalized spacial score (nSPS) is 11.2. The molecule has 23 heavy (non-hydrogen) atoms. The van der Waals surface area contributed by atoms with Crippen LogP contribution < -0.4 is 14.2 Å². The van der Waals surface area contributed by atoms with E-state index >= 15 is 0 Å². The van der Waals surface area contributed by atoms with Crippen LogP contribution in [0, 0.1) is 0 Å². The first kappa shape index (κ1) is 17.6. The smallest absolute Gasteiger partial charge is 0.242 e. The molecule has 2 aromatic carbocycles. The van der Waals surface area contributed by atoms with Crippen molar-refractivity contribution in [3.05, 3.63) is 53.6 Å². The van der Waals surface area contributed by atoms with E-state index in [2.05, 4.69) is 4.72 Å². The molecule has 0 heterocycles. The van der Waals surface area contributed by atoms with Gasteiger partial charge in [-0.2, -0.15) is 0 Å². The molecule has 0 aromatic heterocycles. The predicted molar refractivity (Wildman–Crippen MR) is 89.7 cm³/mol. The molecule has 7 heteroatoms. The molecule has 0 saturated heterocycles. The Morgan fingerprint density at radius 1 is 1.00 bits per heavy atom. The Hall–Kier alpha value is -1.76. The SMILES string of the molecule is CCOc1ccc(OCCNS(=O)(=O)c2ccccc2Cl)cc1. The lowest BCUT2D eigenvalue weighted by atomic mass is 10.3. The molecule has 5 nitrogen and oxygen atoms in total. The summed E-state index contributed by atoms with van der Waals surface area (Å²) in [5, 5.41) is 0.187. The number of sulfonamides is 1. The quantitative estimate of drug-likeness (QED) is 0.739. The summed E-state index contributed by atoms with van der Waals surface area (Å²) in [5.41, 5.74) is 0. The van der Waals surface area contributed by atoms with Gasteiger partial charge in [0.25, 0.3) is 0 Å². The highest BCUT2D eigenvalue weighted by Crippen LogP contribution is 2.20. The van der Waals surface area contributed by atoms with Crippen LogP contribution in [0.1, 0.15) is 6.92 Å². The van der Waals surface area contributed by atoms with E-state index in [1.54, 1.807) is 36.4 Å². The van der Waals surface area contributed by atoms with Crippen LogP contribution in [0.15, 0.2) is 53.4 Å². The average Bonchev–Trinajstić information content (AvgIpc) is 2.54. The van der Waals surface area contributed by atoms with Crippen molar-refractivity contribution < 1.29 is 17.9 Å². The third-order valence-electron chi connectivity index (χ3n) is 2.92. The second-order valence-electron chi connectivity index (χ2n) is 4.58. The summed E-state index contributed by atoms with van der Waals surface area (Å²) in [4.78, 5) is 0.0581. The van der Waals surface area contributed by atoms with Gasteiger partial charge >= 0.3 is 0 Å². The molecule has 0 atom stereocenters. The van der Waals surface area contributed by atoms with E-state index in [1.807, 2.05) is 6.92 Å². The van der Waals surface area contributed by atoms with Crippen LogP contribution in [0.3, 0.4) is 0 Å². The molecule has 0 saturated carbocycles. The van der Waals surface area contributed by atoms with Crippen molar-refractivity contribution in [2.45, 2.75) is 11.8 Å². The van der Waals surface area contributed by atoms with Crippen LogP contribution in [0.4, 0.5) is 0 Å². The van der Waals surface area contributed by atoms with E-state index < -0.39 is 10.0 Å². The van der Waals surface area contributed by atoms with E-state index in [9.17, 15) is 8.42 Å². The second kappa shape index (κ2) is 8.19. The number of nitrogens with one attached hydrogen (secondary N) is 1. The third-order valence-corrected chi connectivity index (χ3v) is 4.88. The molecular weight excluding hydrogens is 338 g/mol. The number of rotatable bonds is 8. The van der Waals surface area contributed by atoms with Crippen molar-refractivity contribution in [1.82, 2.24) is 4.72 Å². The Labute approximate surface area is 141 Å². The Morgan fingerprint density at radius 3 is 2.22 bits per heavy atom. The van der Waals surface area contributed by atoms with E-state index in [0.717, 1.165) is 5.75 Å². The number of benzene rings is 2. The standard InChI is InChI=1S/C16H18ClNO4S/c1-2-21-13-7-9-14(10-8-13)22-12-11-18-23(19,20)16-6-4-3-5-15(16)17/h3-10,18H,2,11-12H2,1H3. The number of ether oxygens (including phenoxy) is 2. The number of halogens is 1. The lowest BCUT2D eigenvalue weighted by molar-refractivity contribution is 0.319. The summed E-state index contributed by atoms with van der Waals surface area (Å²) in [6.45, 7) is 2.86. The highest BCUT2D eigenvalue weighted by atomic mass is 35.5. The van der Waals surface area contributed by atoms with Gasteiger partial charge in [-0.25, -0.2) is 13.1 Å². The first-order chi connectivity index (χ1) is 11.0. The maximum atomic E-state index is 12.1. The van der Waals surface area contributed by atoms with Crippen LogP contribution >= 0.6 is 11.6 Å². The zero-order valence-corrected chi connectivity index (χ0v) is 14.2. The van der Waals surface area contributed by atoms with Crippen molar-refractivity contribution in [2.75, 3.05) is 19.8 Å². The van der Waals surface area contributed by atoms with Gasteiger partial charge in [0.15, 0.2) is 0 Å². The maximum Gasteiger partial charge on any atom is 0.242 e. The van der Waals surface area contributed by atoms with Crippen LogP contribution in [0.5, 0.6) is 11.5 Å². The zero-order valence-electron chi connectivity index (χ0n) is 12.7. The number of hydrogen-bond acceptors (Lipinski definition) is 4. The summed E-state index contributed by atoms with van der Waals surface area (Å²) in [7, 11) is -3.64. The molecule has 2 rings (SSSR count). The van der Waals surface area contributed by atoms with Gasteiger partial charge in [0.1, 0.15) is 23.0 Å². The van der Waals surface area contributed by atoms with Gasteiger partial charge in [0.2, 0.25) is 10.0 Å². The van der Waals surface area contributed by atoms with E-state index in [0.29, 0.717) is 12.4 Å². The molecule has 0 aliphatic rings. The minimum Gasteiger partial charge on any atom is -0.494 e. The third kappa shape index (κ3) is 5.13. The van der Waals surface area contributed by atoms with Gasteiger partial charge in [0, 0.05) is 6.54 Å². The van der Waals surface area contributed by atoms with Crippen molar-refractivity contribution in [3.63, 3.8) is 0 Å². The molecule has 2 aromatic rings. The molecule has 0 amide bonds. The van der Waals surface area contributed by atoms with Crippen LogP contribution in [0.25, 0.3) is 0 Å². The second-order valence-corrected chi connectivity index (χ2v) is 6.72. The fraction of sp³-hybridized carbons (Fsp3) is 0.250. The molecule has 0 radical (unpaired) electrons. The zero-order chi connectivity index (χ0) is 16.7. The van der Waals surface area contributed by atoms with Crippen molar-refractivity contribution >= 4 is 21.6 Å². The summed E-state index contributed by atoms with van der Waals surface area (Å²) in [6, 6.07) is 13.4. The van der Waals surface area contributed by atoms with Crippen molar-refractivity contribution in [3.8, 4) is 11.5 Å². The highest BCUT2D eigenvalue weighted by molar-refractivity contribution is 7.89. The van der Waals surface area contributed by atoms with Gasteiger partial charge in [-0.3, -0.25) is 0 Å². The molecule has 1 N–H and O–H groups in total. The van der Waals surface area contributed by atoms with E-state index in [4.69, 9.17) is 21.1 Å². The Balaban J connectivity index is 1.84. The van der Waals surface area contributed by atoms with Crippen LogP contribution in [-0.4, -0.2) is 28.2 Å². The lowest BCUT2D eigenvalue weighted by Gasteiger charge is -2.10. The molecular formula is C16H18ClNO4S. The molecule has 124 valence electrons. The largest absolute Gasteiger partial charge is 0.494 e. The topological polar surface area (TPSA) is 64.6 Å². The summed E-state index contributed by atoms with van der Waals surface area (Å²) in [6.07, 6.45) is 0. The Kier molecular flexibility index (Phi) is 6.27. The molecule has 0 aliphatic heterocycles. The van der Waals surface area contributed by atoms with Gasteiger partial charge in [-0.05, 0) is 43.3 Å². The summed E-state index contributed by atoms with van der Waals surface area (Å²) >= 11 is 5.90. The maximum absolute atomic E-state index is 12.1. The monoisotopic (exact) mass is 355 g/mol.